The molecule has 2 aliphatic heterocycles. The number of hydrogen-bond acceptors (Lipinski definition) is 7. The van der Waals surface area contributed by atoms with Gasteiger partial charge in [-0.05, 0) is 0 Å². The van der Waals surface area contributed by atoms with Crippen molar-refractivity contribution in [2.75, 3.05) is 38.4 Å². The van der Waals surface area contributed by atoms with Gasteiger partial charge in [-0.25, -0.2) is 0 Å². The molecule has 7 heteroatoms. The summed E-state index contributed by atoms with van der Waals surface area (Å²) in [5.41, 5.74) is -0.436. The van der Waals surface area contributed by atoms with Gasteiger partial charge in [-0.15, -0.1) is 0 Å². The smallest absolute Gasteiger partial charge is 0.228 e. The lowest BCUT2D eigenvalue weighted by Gasteiger charge is -2.32. The first-order chi connectivity index (χ1) is 9.82. The van der Waals surface area contributed by atoms with Crippen LogP contribution in [0.15, 0.2) is 4.52 Å². The van der Waals surface area contributed by atoms with E-state index in [1.165, 1.54) is 5.75 Å². The topological polar surface area (TPSA) is 69.4 Å². The van der Waals surface area contributed by atoms with E-state index in [2.05, 4.69) is 15.5 Å². The van der Waals surface area contributed by atoms with Gasteiger partial charge in [0.15, 0.2) is 0 Å². The molecular formula is C13H21N3O3S. The van der Waals surface area contributed by atoms with Crippen LogP contribution in [0, 0.1) is 0 Å². The van der Waals surface area contributed by atoms with Crippen molar-refractivity contribution in [2.24, 2.45) is 0 Å². The number of rotatable bonds is 4. The number of methoxy groups -OCH3 is 1. The molecule has 1 aromatic heterocycles. The number of nitrogens with one attached hydrogen (secondary N) is 1. The number of aromatic nitrogens is 2. The van der Waals surface area contributed by atoms with Crippen LogP contribution in [0.3, 0.4) is 0 Å². The van der Waals surface area contributed by atoms with Crippen LogP contribution < -0.4 is 5.32 Å². The zero-order chi connectivity index (χ0) is 13.8. The van der Waals surface area contributed by atoms with Gasteiger partial charge in [-0.2, -0.15) is 16.7 Å². The van der Waals surface area contributed by atoms with Crippen molar-refractivity contribution in [3.63, 3.8) is 0 Å². The molecule has 20 heavy (non-hydrogen) atoms. The second-order valence-corrected chi connectivity index (χ2v) is 6.40. The minimum atomic E-state index is -0.436. The Morgan fingerprint density at radius 1 is 1.45 bits per heavy atom. The highest BCUT2D eigenvalue weighted by molar-refractivity contribution is 7.99. The second kappa shape index (κ2) is 6.43. The second-order valence-electron chi connectivity index (χ2n) is 5.25. The molecule has 2 aliphatic rings. The standard InChI is InChI=1S/C13H21N3O3S/c1-17-13(2-5-18-6-3-13)12-15-11(19-16-12)8-10-9-20-7-4-14-10/h10,14H,2-9H2,1H3. The normalized spacial score (nSPS) is 26.6. The molecule has 112 valence electrons. The van der Waals surface area contributed by atoms with E-state index in [0.29, 0.717) is 31.0 Å². The summed E-state index contributed by atoms with van der Waals surface area (Å²) in [5, 5.41) is 7.63. The number of nitrogens with zero attached hydrogens (tertiary/aromatic N) is 2. The maximum absolute atomic E-state index is 5.68. The Labute approximate surface area is 123 Å². The van der Waals surface area contributed by atoms with Crippen LogP contribution in [0.2, 0.25) is 0 Å². The summed E-state index contributed by atoms with van der Waals surface area (Å²) in [5.74, 6) is 3.64. The van der Waals surface area contributed by atoms with E-state index in [1.54, 1.807) is 7.11 Å². The predicted octanol–water partition coefficient (Wildman–Crippen LogP) is 0.969. The molecule has 1 unspecified atom stereocenters. The van der Waals surface area contributed by atoms with Crippen molar-refractivity contribution in [1.29, 1.82) is 0 Å². The van der Waals surface area contributed by atoms with E-state index in [9.17, 15) is 0 Å². The van der Waals surface area contributed by atoms with Gasteiger partial charge in [0.1, 0.15) is 5.60 Å². The highest BCUT2D eigenvalue weighted by Crippen LogP contribution is 2.33. The highest BCUT2D eigenvalue weighted by Gasteiger charge is 2.39. The van der Waals surface area contributed by atoms with E-state index < -0.39 is 5.60 Å². The minimum Gasteiger partial charge on any atom is -0.381 e. The molecule has 0 saturated carbocycles. The summed E-state index contributed by atoms with van der Waals surface area (Å²) in [7, 11) is 1.71. The molecule has 1 N–H and O–H groups in total. The summed E-state index contributed by atoms with van der Waals surface area (Å²) < 4.78 is 16.5. The minimum absolute atomic E-state index is 0.426. The molecule has 0 amide bonds. The van der Waals surface area contributed by atoms with E-state index >= 15 is 0 Å². The van der Waals surface area contributed by atoms with Gasteiger partial charge >= 0.3 is 0 Å². The highest BCUT2D eigenvalue weighted by atomic mass is 32.2. The molecule has 1 atom stereocenters. The van der Waals surface area contributed by atoms with Crippen molar-refractivity contribution >= 4 is 11.8 Å². The van der Waals surface area contributed by atoms with Crippen LogP contribution in [-0.2, 0) is 21.5 Å². The summed E-state index contributed by atoms with van der Waals surface area (Å²) in [6, 6.07) is 0.426. The Morgan fingerprint density at radius 2 is 2.30 bits per heavy atom. The van der Waals surface area contributed by atoms with Crippen LogP contribution in [-0.4, -0.2) is 54.6 Å². The predicted molar refractivity (Wildman–Crippen MR) is 75.9 cm³/mol. The number of ether oxygens (including phenoxy) is 2. The Morgan fingerprint density at radius 3 is 3.00 bits per heavy atom. The molecular weight excluding hydrogens is 278 g/mol. The molecule has 3 rings (SSSR count). The SMILES string of the molecule is COC1(c2noc(CC3CSCCN3)n2)CCOCC1. The summed E-state index contributed by atoms with van der Waals surface area (Å²) >= 11 is 1.97. The lowest BCUT2D eigenvalue weighted by molar-refractivity contribution is -0.101. The quantitative estimate of drug-likeness (QED) is 0.888. The van der Waals surface area contributed by atoms with Crippen LogP contribution in [0.5, 0.6) is 0 Å². The fraction of sp³-hybridized carbons (Fsp3) is 0.846. The maximum Gasteiger partial charge on any atom is 0.228 e. The van der Waals surface area contributed by atoms with Crippen molar-refractivity contribution in [3.05, 3.63) is 11.7 Å². The first kappa shape index (κ1) is 14.3. The van der Waals surface area contributed by atoms with Gasteiger partial charge in [0.25, 0.3) is 0 Å². The largest absolute Gasteiger partial charge is 0.381 e. The summed E-state index contributed by atoms with van der Waals surface area (Å²) in [6.07, 6.45) is 2.34. The van der Waals surface area contributed by atoms with Crippen LogP contribution in [0.25, 0.3) is 0 Å². The monoisotopic (exact) mass is 299 g/mol. The Hall–Kier alpha value is -0.630. The van der Waals surface area contributed by atoms with E-state index in [0.717, 1.165) is 31.6 Å². The van der Waals surface area contributed by atoms with Gasteiger partial charge in [0, 0.05) is 63.7 Å². The van der Waals surface area contributed by atoms with E-state index in [1.807, 2.05) is 11.8 Å². The van der Waals surface area contributed by atoms with Crippen molar-refractivity contribution < 1.29 is 14.0 Å². The first-order valence-electron chi connectivity index (χ1n) is 7.09. The van der Waals surface area contributed by atoms with Crippen molar-refractivity contribution in [1.82, 2.24) is 15.5 Å². The van der Waals surface area contributed by atoms with Crippen LogP contribution in [0.4, 0.5) is 0 Å². The molecule has 1 aromatic rings. The van der Waals surface area contributed by atoms with E-state index in [-0.39, 0.29) is 0 Å². The molecule has 6 nitrogen and oxygen atoms in total. The molecule has 0 radical (unpaired) electrons. The van der Waals surface area contributed by atoms with Gasteiger partial charge in [0.05, 0.1) is 0 Å². The average Bonchev–Trinajstić information content (AvgIpc) is 2.98. The van der Waals surface area contributed by atoms with Crippen molar-refractivity contribution in [3.8, 4) is 0 Å². The summed E-state index contributed by atoms with van der Waals surface area (Å²) in [4.78, 5) is 4.56. The lowest BCUT2D eigenvalue weighted by Crippen LogP contribution is -2.39. The van der Waals surface area contributed by atoms with Gasteiger partial charge in [-0.1, -0.05) is 5.16 Å². The van der Waals surface area contributed by atoms with Gasteiger partial charge in [-0.3, -0.25) is 0 Å². The fourth-order valence-electron chi connectivity index (χ4n) is 2.70. The van der Waals surface area contributed by atoms with Crippen LogP contribution >= 0.6 is 11.8 Å². The molecule has 0 aromatic carbocycles. The lowest BCUT2D eigenvalue weighted by atomic mass is 9.93. The molecule has 2 fully saturated rings. The Balaban J connectivity index is 1.68. The van der Waals surface area contributed by atoms with Gasteiger partial charge in [0.2, 0.25) is 11.7 Å². The molecule has 3 heterocycles. The maximum atomic E-state index is 5.68. The third-order valence-corrected chi connectivity index (χ3v) is 5.12. The number of hydrogen-bond donors (Lipinski definition) is 1. The Kier molecular flexibility index (Phi) is 4.60. The molecule has 0 bridgehead atoms. The molecule has 2 saturated heterocycles. The zero-order valence-corrected chi connectivity index (χ0v) is 12.6. The van der Waals surface area contributed by atoms with Gasteiger partial charge < -0.3 is 19.3 Å². The van der Waals surface area contributed by atoms with E-state index in [4.69, 9.17) is 14.0 Å². The van der Waals surface area contributed by atoms with Crippen molar-refractivity contribution in [2.45, 2.75) is 30.9 Å². The average molecular weight is 299 g/mol. The zero-order valence-electron chi connectivity index (χ0n) is 11.8. The Bertz CT molecular complexity index is 428. The third kappa shape index (κ3) is 3.00. The molecule has 0 spiro atoms. The first-order valence-corrected chi connectivity index (χ1v) is 8.25. The third-order valence-electron chi connectivity index (χ3n) is 3.99. The fourth-order valence-corrected chi connectivity index (χ4v) is 3.65. The van der Waals surface area contributed by atoms with Crippen LogP contribution in [0.1, 0.15) is 24.6 Å². The summed E-state index contributed by atoms with van der Waals surface area (Å²) in [6.45, 7) is 2.41. The molecule has 0 aliphatic carbocycles. The number of thioether (sulfide) groups is 1.